The summed E-state index contributed by atoms with van der Waals surface area (Å²) < 4.78 is 20.9. The first-order valence-corrected chi connectivity index (χ1v) is 9.18. The Morgan fingerprint density at radius 2 is 1.71 bits per heavy atom. The largest absolute Gasteiger partial charge is 0.493 e. The number of nitriles is 1. The quantitative estimate of drug-likeness (QED) is 0.559. The third-order valence-corrected chi connectivity index (χ3v) is 4.81. The number of carbonyl (C=O) groups is 2. The Morgan fingerprint density at radius 3 is 2.29 bits per heavy atom. The Morgan fingerprint density at radius 1 is 1.03 bits per heavy atom. The second kappa shape index (κ2) is 9.05. The Kier molecular flexibility index (Phi) is 6.26. The summed E-state index contributed by atoms with van der Waals surface area (Å²) in [6.45, 7) is 0. The van der Waals surface area contributed by atoms with Gasteiger partial charge in [-0.3, -0.25) is 4.79 Å². The van der Waals surface area contributed by atoms with Crippen LogP contribution in [0.15, 0.2) is 71.3 Å². The van der Waals surface area contributed by atoms with Crippen LogP contribution >= 0.6 is 0 Å². The summed E-state index contributed by atoms with van der Waals surface area (Å²) in [6.07, 6.45) is 0. The number of esters is 1. The molecule has 1 aliphatic heterocycles. The van der Waals surface area contributed by atoms with Gasteiger partial charge in [0.15, 0.2) is 17.3 Å². The van der Waals surface area contributed by atoms with Crippen LogP contribution in [0, 0.1) is 11.3 Å². The van der Waals surface area contributed by atoms with Gasteiger partial charge in [0.1, 0.15) is 11.6 Å². The van der Waals surface area contributed by atoms with E-state index in [-0.39, 0.29) is 22.8 Å². The molecular formula is C23H20N2O6. The fraction of sp³-hybridized carbons (Fsp3) is 0.174. The van der Waals surface area contributed by atoms with Crippen LogP contribution in [0.25, 0.3) is 0 Å². The molecule has 31 heavy (non-hydrogen) atoms. The number of ether oxygens (including phenoxy) is 4. The lowest BCUT2D eigenvalue weighted by molar-refractivity contribution is -0.139. The average Bonchev–Trinajstić information content (AvgIpc) is 2.82. The van der Waals surface area contributed by atoms with E-state index in [1.165, 1.54) is 14.2 Å². The lowest BCUT2D eigenvalue weighted by Crippen LogP contribution is -2.28. The van der Waals surface area contributed by atoms with Crippen molar-refractivity contribution in [3.05, 3.63) is 82.4 Å². The Bertz CT molecular complexity index is 1130. The summed E-state index contributed by atoms with van der Waals surface area (Å²) in [5.74, 6) is -2.18. The van der Waals surface area contributed by atoms with Gasteiger partial charge in [-0.2, -0.15) is 5.26 Å². The van der Waals surface area contributed by atoms with Crippen molar-refractivity contribution in [2.24, 2.45) is 5.73 Å². The van der Waals surface area contributed by atoms with Crippen LogP contribution in [0.4, 0.5) is 0 Å². The highest BCUT2D eigenvalue weighted by molar-refractivity contribution is 6.14. The van der Waals surface area contributed by atoms with Crippen LogP contribution in [0.5, 0.6) is 11.5 Å². The van der Waals surface area contributed by atoms with E-state index in [2.05, 4.69) is 0 Å². The van der Waals surface area contributed by atoms with Gasteiger partial charge in [-0.05, 0) is 17.7 Å². The Labute approximate surface area is 179 Å². The number of benzene rings is 2. The van der Waals surface area contributed by atoms with Crippen molar-refractivity contribution in [3.8, 4) is 17.6 Å². The van der Waals surface area contributed by atoms with Gasteiger partial charge in [-0.15, -0.1) is 0 Å². The molecule has 0 radical (unpaired) electrons. The van der Waals surface area contributed by atoms with Crippen LogP contribution in [0.3, 0.4) is 0 Å². The number of nitrogens with zero attached hydrogens (tertiary/aromatic N) is 1. The SMILES string of the molecule is COC(=O)C1=C(C(=O)c2ccccc2)C(c2ccc(OC)c(OC)c2)C(C#N)=C(N)O1. The topological polar surface area (TPSA) is 121 Å². The van der Waals surface area contributed by atoms with Gasteiger partial charge >= 0.3 is 5.97 Å². The second-order valence-electron chi connectivity index (χ2n) is 6.47. The summed E-state index contributed by atoms with van der Waals surface area (Å²) in [6, 6.07) is 15.3. The van der Waals surface area contributed by atoms with E-state index in [4.69, 9.17) is 24.7 Å². The number of hydrogen-bond acceptors (Lipinski definition) is 8. The fourth-order valence-corrected chi connectivity index (χ4v) is 3.35. The Hall–Kier alpha value is -4.25. The van der Waals surface area contributed by atoms with Crippen molar-refractivity contribution in [1.29, 1.82) is 5.26 Å². The zero-order chi connectivity index (χ0) is 22.5. The van der Waals surface area contributed by atoms with E-state index in [1.807, 2.05) is 6.07 Å². The predicted molar refractivity (Wildman–Crippen MR) is 110 cm³/mol. The summed E-state index contributed by atoms with van der Waals surface area (Å²) in [5.41, 5.74) is 6.68. The molecule has 3 rings (SSSR count). The molecule has 0 amide bonds. The molecule has 0 saturated carbocycles. The highest BCUT2D eigenvalue weighted by atomic mass is 16.6. The predicted octanol–water partition coefficient (Wildman–Crippen LogP) is 2.82. The van der Waals surface area contributed by atoms with Gasteiger partial charge in [0.05, 0.1) is 32.8 Å². The molecule has 8 nitrogen and oxygen atoms in total. The maximum Gasteiger partial charge on any atom is 0.374 e. The van der Waals surface area contributed by atoms with E-state index in [9.17, 15) is 14.9 Å². The first-order chi connectivity index (χ1) is 15.0. The third-order valence-electron chi connectivity index (χ3n) is 4.81. The molecule has 1 aliphatic rings. The van der Waals surface area contributed by atoms with Crippen LogP contribution < -0.4 is 15.2 Å². The smallest absolute Gasteiger partial charge is 0.374 e. The minimum Gasteiger partial charge on any atom is -0.493 e. The van der Waals surface area contributed by atoms with Gasteiger partial charge in [-0.25, -0.2) is 4.79 Å². The molecule has 0 aromatic heterocycles. The molecule has 1 heterocycles. The van der Waals surface area contributed by atoms with Crippen LogP contribution in [0.2, 0.25) is 0 Å². The standard InChI is InChI=1S/C23H20N2O6/c1-28-16-10-9-14(11-17(16)29-2)18-15(12-24)22(25)31-21(23(27)30-3)19(18)20(26)13-7-5-4-6-8-13/h4-11,18H,25H2,1-3H3. The summed E-state index contributed by atoms with van der Waals surface area (Å²) >= 11 is 0. The molecule has 0 saturated heterocycles. The number of carbonyl (C=O) groups excluding carboxylic acids is 2. The molecule has 2 aromatic carbocycles. The minimum absolute atomic E-state index is 0.0147. The van der Waals surface area contributed by atoms with Gasteiger partial charge in [0.25, 0.3) is 0 Å². The van der Waals surface area contributed by atoms with E-state index in [0.29, 0.717) is 22.6 Å². The van der Waals surface area contributed by atoms with Crippen molar-refractivity contribution in [3.63, 3.8) is 0 Å². The zero-order valence-corrected chi connectivity index (χ0v) is 17.2. The summed E-state index contributed by atoms with van der Waals surface area (Å²) in [4.78, 5) is 26.0. The van der Waals surface area contributed by atoms with Crippen molar-refractivity contribution in [2.75, 3.05) is 21.3 Å². The first kappa shape index (κ1) is 21.5. The lowest BCUT2D eigenvalue weighted by atomic mass is 9.79. The highest BCUT2D eigenvalue weighted by Gasteiger charge is 2.40. The van der Waals surface area contributed by atoms with Crippen molar-refractivity contribution in [1.82, 2.24) is 0 Å². The summed E-state index contributed by atoms with van der Waals surface area (Å²) in [7, 11) is 4.12. The van der Waals surface area contributed by atoms with E-state index in [0.717, 1.165) is 7.11 Å². The molecule has 2 aromatic rings. The lowest BCUT2D eigenvalue weighted by Gasteiger charge is -2.28. The van der Waals surface area contributed by atoms with E-state index >= 15 is 0 Å². The monoisotopic (exact) mass is 420 g/mol. The average molecular weight is 420 g/mol. The van der Waals surface area contributed by atoms with Crippen molar-refractivity contribution < 1.29 is 28.5 Å². The molecule has 2 N–H and O–H groups in total. The maximum atomic E-state index is 13.5. The molecular weight excluding hydrogens is 400 g/mol. The highest BCUT2D eigenvalue weighted by Crippen LogP contribution is 2.43. The summed E-state index contributed by atoms with van der Waals surface area (Å²) in [5, 5.41) is 9.80. The van der Waals surface area contributed by atoms with Crippen molar-refractivity contribution >= 4 is 11.8 Å². The molecule has 0 aliphatic carbocycles. The minimum atomic E-state index is -0.986. The van der Waals surface area contributed by atoms with Gasteiger partial charge in [0.2, 0.25) is 11.6 Å². The fourth-order valence-electron chi connectivity index (χ4n) is 3.35. The second-order valence-corrected chi connectivity index (χ2v) is 6.47. The van der Waals surface area contributed by atoms with Gasteiger partial charge in [0, 0.05) is 5.56 Å². The van der Waals surface area contributed by atoms with Crippen LogP contribution in [-0.2, 0) is 14.3 Å². The number of methoxy groups -OCH3 is 3. The zero-order valence-electron chi connectivity index (χ0n) is 17.2. The molecule has 8 heteroatoms. The molecule has 1 unspecified atom stereocenters. The van der Waals surface area contributed by atoms with Gasteiger partial charge < -0.3 is 24.7 Å². The molecule has 158 valence electrons. The number of ketones is 1. The van der Waals surface area contributed by atoms with E-state index in [1.54, 1.807) is 48.5 Å². The Balaban J connectivity index is 2.30. The number of nitrogens with two attached hydrogens (primary N) is 1. The van der Waals surface area contributed by atoms with Crippen LogP contribution in [0.1, 0.15) is 21.8 Å². The van der Waals surface area contributed by atoms with Crippen molar-refractivity contribution in [2.45, 2.75) is 5.92 Å². The number of Topliss-reactive ketones (excluding diaryl/α,β-unsaturated/α-hetero) is 1. The number of hydrogen-bond donors (Lipinski definition) is 1. The molecule has 1 atom stereocenters. The number of rotatable bonds is 6. The molecule has 0 spiro atoms. The number of allylic oxidation sites excluding steroid dienone is 2. The molecule has 0 bridgehead atoms. The van der Waals surface area contributed by atoms with Gasteiger partial charge in [-0.1, -0.05) is 36.4 Å². The third kappa shape index (κ3) is 3.94. The normalized spacial score (nSPS) is 15.6. The first-order valence-electron chi connectivity index (χ1n) is 9.18. The maximum absolute atomic E-state index is 13.5. The van der Waals surface area contributed by atoms with Crippen LogP contribution in [-0.4, -0.2) is 33.1 Å². The molecule has 0 fully saturated rings. The van der Waals surface area contributed by atoms with E-state index < -0.39 is 17.7 Å².